The summed E-state index contributed by atoms with van der Waals surface area (Å²) in [5, 5.41) is 4.01. The molecule has 0 aliphatic heterocycles. The van der Waals surface area contributed by atoms with Gasteiger partial charge in [-0.3, -0.25) is 0 Å². The normalized spacial score (nSPS) is 19.2. The van der Waals surface area contributed by atoms with Crippen LogP contribution >= 0.6 is 0 Å². The SMILES string of the molecule is NC1(c2cnc3ncnn3c2)CC1. The molecular weight excluding hydrogens is 166 g/mol. The van der Waals surface area contributed by atoms with Crippen molar-refractivity contribution in [3.63, 3.8) is 0 Å². The Labute approximate surface area is 74.6 Å². The monoisotopic (exact) mass is 175 g/mol. The van der Waals surface area contributed by atoms with Crippen molar-refractivity contribution in [2.75, 3.05) is 0 Å². The molecule has 1 aliphatic carbocycles. The molecule has 2 aromatic rings. The molecule has 1 fully saturated rings. The lowest BCUT2D eigenvalue weighted by Crippen LogP contribution is -2.19. The molecule has 3 rings (SSSR count). The van der Waals surface area contributed by atoms with Crippen LogP contribution in [0, 0.1) is 0 Å². The molecule has 66 valence electrons. The Morgan fingerprint density at radius 3 is 3.00 bits per heavy atom. The van der Waals surface area contributed by atoms with Crippen molar-refractivity contribution in [1.82, 2.24) is 19.6 Å². The molecule has 0 saturated heterocycles. The van der Waals surface area contributed by atoms with Crippen LogP contribution in [-0.4, -0.2) is 19.6 Å². The van der Waals surface area contributed by atoms with Crippen molar-refractivity contribution in [3.05, 3.63) is 24.3 Å². The molecule has 0 atom stereocenters. The molecule has 2 heterocycles. The summed E-state index contributed by atoms with van der Waals surface area (Å²) >= 11 is 0. The van der Waals surface area contributed by atoms with Gasteiger partial charge < -0.3 is 5.73 Å². The molecule has 2 N–H and O–H groups in total. The lowest BCUT2D eigenvalue weighted by atomic mass is 10.1. The van der Waals surface area contributed by atoms with E-state index in [0.29, 0.717) is 5.78 Å². The van der Waals surface area contributed by atoms with Gasteiger partial charge in [0.15, 0.2) is 0 Å². The summed E-state index contributed by atoms with van der Waals surface area (Å²) in [5.74, 6) is 0.619. The minimum Gasteiger partial charge on any atom is -0.321 e. The summed E-state index contributed by atoms with van der Waals surface area (Å²) in [6.45, 7) is 0. The van der Waals surface area contributed by atoms with E-state index in [1.165, 1.54) is 6.33 Å². The summed E-state index contributed by atoms with van der Waals surface area (Å²) in [7, 11) is 0. The maximum Gasteiger partial charge on any atom is 0.252 e. The van der Waals surface area contributed by atoms with Gasteiger partial charge in [0.1, 0.15) is 6.33 Å². The third kappa shape index (κ3) is 0.936. The standard InChI is InChI=1S/C8H9N5/c9-8(1-2-8)6-3-10-7-11-5-12-13(7)4-6/h3-5H,1-2,9H2. The minimum atomic E-state index is -0.146. The number of hydrogen-bond donors (Lipinski definition) is 1. The van der Waals surface area contributed by atoms with Gasteiger partial charge in [0.05, 0.1) is 0 Å². The number of hydrogen-bond acceptors (Lipinski definition) is 4. The van der Waals surface area contributed by atoms with Gasteiger partial charge in [-0.2, -0.15) is 10.1 Å². The summed E-state index contributed by atoms with van der Waals surface area (Å²) in [6.07, 6.45) is 7.26. The second kappa shape index (κ2) is 2.05. The van der Waals surface area contributed by atoms with Gasteiger partial charge in [0.2, 0.25) is 0 Å². The van der Waals surface area contributed by atoms with Crippen LogP contribution in [0.3, 0.4) is 0 Å². The Morgan fingerprint density at radius 1 is 1.38 bits per heavy atom. The van der Waals surface area contributed by atoms with Gasteiger partial charge in [-0.1, -0.05) is 0 Å². The number of rotatable bonds is 1. The maximum atomic E-state index is 6.03. The summed E-state index contributed by atoms with van der Waals surface area (Å²) in [4.78, 5) is 8.12. The third-order valence-corrected chi connectivity index (χ3v) is 2.50. The molecule has 0 amide bonds. The van der Waals surface area contributed by atoms with Crippen molar-refractivity contribution < 1.29 is 0 Å². The Balaban J connectivity index is 2.20. The number of fused-ring (bicyclic) bond motifs is 1. The molecule has 5 heteroatoms. The van der Waals surface area contributed by atoms with Crippen LogP contribution in [-0.2, 0) is 5.54 Å². The highest BCUT2D eigenvalue weighted by molar-refractivity contribution is 5.31. The fraction of sp³-hybridized carbons (Fsp3) is 0.375. The highest BCUT2D eigenvalue weighted by atomic mass is 15.3. The molecule has 5 nitrogen and oxygen atoms in total. The molecule has 2 aromatic heterocycles. The van der Waals surface area contributed by atoms with Crippen molar-refractivity contribution in [3.8, 4) is 0 Å². The van der Waals surface area contributed by atoms with Gasteiger partial charge >= 0.3 is 0 Å². The Bertz CT molecular complexity index is 456. The van der Waals surface area contributed by atoms with E-state index in [2.05, 4.69) is 15.1 Å². The smallest absolute Gasteiger partial charge is 0.252 e. The quantitative estimate of drug-likeness (QED) is 0.666. The van der Waals surface area contributed by atoms with Crippen molar-refractivity contribution in [2.24, 2.45) is 5.73 Å². The third-order valence-electron chi connectivity index (χ3n) is 2.50. The molecule has 0 radical (unpaired) electrons. The lowest BCUT2D eigenvalue weighted by Gasteiger charge is -2.07. The fourth-order valence-corrected chi connectivity index (χ4v) is 1.40. The van der Waals surface area contributed by atoms with Crippen LogP contribution in [0.25, 0.3) is 5.78 Å². The van der Waals surface area contributed by atoms with E-state index in [4.69, 9.17) is 5.73 Å². The van der Waals surface area contributed by atoms with Gasteiger partial charge in [0.25, 0.3) is 5.78 Å². The molecule has 1 saturated carbocycles. The Hall–Kier alpha value is -1.49. The van der Waals surface area contributed by atoms with E-state index in [0.717, 1.165) is 18.4 Å². The van der Waals surface area contributed by atoms with E-state index in [1.54, 1.807) is 10.7 Å². The molecular formula is C8H9N5. The van der Waals surface area contributed by atoms with Crippen molar-refractivity contribution >= 4 is 5.78 Å². The van der Waals surface area contributed by atoms with Gasteiger partial charge in [-0.05, 0) is 12.8 Å². The largest absolute Gasteiger partial charge is 0.321 e. The van der Waals surface area contributed by atoms with E-state index in [9.17, 15) is 0 Å². The van der Waals surface area contributed by atoms with Crippen LogP contribution in [0.1, 0.15) is 18.4 Å². The zero-order chi connectivity index (χ0) is 8.89. The first-order chi connectivity index (χ1) is 6.28. The van der Waals surface area contributed by atoms with Crippen LogP contribution < -0.4 is 5.73 Å². The van der Waals surface area contributed by atoms with Gasteiger partial charge in [-0.25, -0.2) is 9.50 Å². The Morgan fingerprint density at radius 2 is 2.23 bits per heavy atom. The van der Waals surface area contributed by atoms with E-state index in [-0.39, 0.29) is 5.54 Å². The van der Waals surface area contributed by atoms with Gasteiger partial charge in [-0.15, -0.1) is 0 Å². The lowest BCUT2D eigenvalue weighted by molar-refractivity contribution is 0.719. The second-order valence-electron chi connectivity index (χ2n) is 3.50. The average molecular weight is 175 g/mol. The molecule has 13 heavy (non-hydrogen) atoms. The predicted molar refractivity (Wildman–Crippen MR) is 45.9 cm³/mol. The zero-order valence-corrected chi connectivity index (χ0v) is 7.01. The van der Waals surface area contributed by atoms with Gasteiger partial charge in [0, 0.05) is 23.5 Å². The van der Waals surface area contributed by atoms with E-state index in [1.807, 2.05) is 6.20 Å². The molecule has 0 aromatic carbocycles. The maximum absolute atomic E-state index is 6.03. The van der Waals surface area contributed by atoms with Crippen molar-refractivity contribution in [2.45, 2.75) is 18.4 Å². The van der Waals surface area contributed by atoms with E-state index >= 15 is 0 Å². The number of aromatic nitrogens is 4. The predicted octanol–water partition coefficient (Wildman–Crippen LogP) is 0.0721. The Kier molecular flexibility index (Phi) is 1.10. The topological polar surface area (TPSA) is 69.1 Å². The highest BCUT2D eigenvalue weighted by Gasteiger charge is 2.40. The summed E-state index contributed by atoms with van der Waals surface area (Å²) in [5.41, 5.74) is 6.93. The first kappa shape index (κ1) is 6.97. The molecule has 0 spiro atoms. The van der Waals surface area contributed by atoms with Crippen molar-refractivity contribution in [1.29, 1.82) is 0 Å². The zero-order valence-electron chi connectivity index (χ0n) is 7.01. The fourth-order valence-electron chi connectivity index (χ4n) is 1.40. The minimum absolute atomic E-state index is 0.146. The van der Waals surface area contributed by atoms with Crippen LogP contribution in [0.4, 0.5) is 0 Å². The second-order valence-corrected chi connectivity index (χ2v) is 3.50. The van der Waals surface area contributed by atoms with E-state index < -0.39 is 0 Å². The van der Waals surface area contributed by atoms with Crippen LogP contribution in [0.15, 0.2) is 18.7 Å². The first-order valence-electron chi connectivity index (χ1n) is 4.23. The highest BCUT2D eigenvalue weighted by Crippen LogP contribution is 2.41. The van der Waals surface area contributed by atoms with Crippen LogP contribution in [0.2, 0.25) is 0 Å². The summed E-state index contributed by atoms with van der Waals surface area (Å²) < 4.78 is 1.66. The number of nitrogens with two attached hydrogens (primary N) is 1. The molecule has 0 bridgehead atoms. The molecule has 1 aliphatic rings. The molecule has 0 unspecified atom stereocenters. The summed E-state index contributed by atoms with van der Waals surface area (Å²) in [6, 6.07) is 0. The average Bonchev–Trinajstić information content (AvgIpc) is 2.74. The first-order valence-corrected chi connectivity index (χ1v) is 4.23. The number of nitrogens with zero attached hydrogens (tertiary/aromatic N) is 4. The van der Waals surface area contributed by atoms with Crippen LogP contribution in [0.5, 0.6) is 0 Å².